The first kappa shape index (κ1) is 24.8. The van der Waals surface area contributed by atoms with Crippen LogP contribution >= 0.6 is 22.9 Å². The predicted octanol–water partition coefficient (Wildman–Crippen LogP) is 2.93. The number of halogens is 1. The molecular weight excluding hydrogens is 530 g/mol. The lowest BCUT2D eigenvalue weighted by atomic mass is 10.2. The molecule has 3 aromatic rings. The summed E-state index contributed by atoms with van der Waals surface area (Å²) in [7, 11) is -3.93. The maximum Gasteiger partial charge on any atom is 0.326 e. The van der Waals surface area contributed by atoms with E-state index >= 15 is 0 Å². The highest BCUT2D eigenvalue weighted by molar-refractivity contribution is 7.89. The smallest absolute Gasteiger partial charge is 0.326 e. The van der Waals surface area contributed by atoms with E-state index in [1.54, 1.807) is 23.6 Å². The van der Waals surface area contributed by atoms with Crippen molar-refractivity contribution in [2.24, 2.45) is 4.99 Å². The fourth-order valence-electron chi connectivity index (χ4n) is 4.22. The molecule has 1 fully saturated rings. The number of carbonyl (C=O) groups is 2. The molecule has 0 aliphatic carbocycles. The molecular formula is C23H22ClN3O7S2. The van der Waals surface area contributed by atoms with E-state index in [4.69, 9.17) is 25.8 Å². The molecule has 5 rings (SSSR count). The van der Waals surface area contributed by atoms with Crippen molar-refractivity contribution < 1.29 is 32.2 Å². The summed E-state index contributed by atoms with van der Waals surface area (Å²) in [5.41, 5.74) is 0.626. The first-order chi connectivity index (χ1) is 17.3. The van der Waals surface area contributed by atoms with E-state index in [1.807, 2.05) is 0 Å². The monoisotopic (exact) mass is 551 g/mol. The van der Waals surface area contributed by atoms with Crippen LogP contribution in [0.15, 0.2) is 46.3 Å². The molecule has 1 aromatic heterocycles. The minimum absolute atomic E-state index is 0.0559. The van der Waals surface area contributed by atoms with Gasteiger partial charge in [0.25, 0.3) is 5.91 Å². The average molecular weight is 552 g/mol. The van der Waals surface area contributed by atoms with Gasteiger partial charge in [0.2, 0.25) is 16.8 Å². The minimum atomic E-state index is -3.93. The number of hydrogen-bond donors (Lipinski definition) is 0. The van der Waals surface area contributed by atoms with E-state index < -0.39 is 27.9 Å². The average Bonchev–Trinajstić information content (AvgIpc) is 3.57. The Labute approximate surface area is 215 Å². The fourth-order valence-corrected chi connectivity index (χ4v) is 7.04. The largest absolute Gasteiger partial charge is 0.465 e. The summed E-state index contributed by atoms with van der Waals surface area (Å²) in [6.07, 6.45) is 0.864. The van der Waals surface area contributed by atoms with Crippen LogP contribution in [0.25, 0.3) is 10.2 Å². The van der Waals surface area contributed by atoms with Crippen LogP contribution in [0, 0.1) is 0 Å². The molecule has 0 radical (unpaired) electrons. The van der Waals surface area contributed by atoms with Crippen molar-refractivity contribution in [1.82, 2.24) is 8.87 Å². The third kappa shape index (κ3) is 4.61. The van der Waals surface area contributed by atoms with Crippen molar-refractivity contribution in [2.75, 3.05) is 19.9 Å². The topological polar surface area (TPSA) is 116 Å². The second kappa shape index (κ2) is 9.85. The van der Waals surface area contributed by atoms with Crippen LogP contribution in [0.4, 0.5) is 0 Å². The van der Waals surface area contributed by atoms with Crippen molar-refractivity contribution in [3.8, 4) is 11.5 Å². The zero-order valence-electron chi connectivity index (χ0n) is 19.2. The molecule has 190 valence electrons. The number of carbonyl (C=O) groups excluding carboxylic acids is 2. The van der Waals surface area contributed by atoms with Gasteiger partial charge in [-0.15, -0.1) is 0 Å². The van der Waals surface area contributed by atoms with Crippen LogP contribution < -0.4 is 14.3 Å². The van der Waals surface area contributed by atoms with Gasteiger partial charge in [-0.25, -0.2) is 8.42 Å². The van der Waals surface area contributed by atoms with Crippen molar-refractivity contribution >= 4 is 55.1 Å². The first-order valence-electron chi connectivity index (χ1n) is 11.2. The number of sulfonamides is 1. The Morgan fingerprint density at radius 3 is 2.64 bits per heavy atom. The van der Waals surface area contributed by atoms with Gasteiger partial charge in [-0.3, -0.25) is 9.59 Å². The molecule has 1 unspecified atom stereocenters. The van der Waals surface area contributed by atoms with E-state index in [0.717, 1.165) is 4.70 Å². The van der Waals surface area contributed by atoms with Crippen LogP contribution in [0.3, 0.4) is 0 Å². The maximum absolute atomic E-state index is 13.3. The number of thiazole rings is 1. The molecule has 2 aromatic carbocycles. The summed E-state index contributed by atoms with van der Waals surface area (Å²) in [5.74, 6) is -0.0152. The summed E-state index contributed by atoms with van der Waals surface area (Å²) in [5, 5.41) is 0.413. The minimum Gasteiger partial charge on any atom is -0.465 e. The second-order valence-corrected chi connectivity index (χ2v) is 11.5. The van der Waals surface area contributed by atoms with Crippen LogP contribution in [-0.2, 0) is 30.9 Å². The second-order valence-electron chi connectivity index (χ2n) is 8.13. The van der Waals surface area contributed by atoms with E-state index in [9.17, 15) is 18.0 Å². The highest BCUT2D eigenvalue weighted by atomic mass is 35.5. The molecule has 36 heavy (non-hydrogen) atoms. The van der Waals surface area contributed by atoms with Crippen molar-refractivity contribution in [1.29, 1.82) is 0 Å². The summed E-state index contributed by atoms with van der Waals surface area (Å²) in [6, 6.07) is 8.35. The fraction of sp³-hybridized carbons (Fsp3) is 0.348. The van der Waals surface area contributed by atoms with Crippen LogP contribution in [-0.4, -0.2) is 55.2 Å². The van der Waals surface area contributed by atoms with E-state index in [2.05, 4.69) is 4.99 Å². The van der Waals surface area contributed by atoms with Gasteiger partial charge in [0.15, 0.2) is 16.3 Å². The molecule has 1 saturated heterocycles. The molecule has 13 heteroatoms. The number of amides is 1. The highest BCUT2D eigenvalue weighted by Crippen LogP contribution is 2.37. The number of aromatic nitrogens is 1. The zero-order valence-corrected chi connectivity index (χ0v) is 21.6. The number of fused-ring (bicyclic) bond motifs is 2. The van der Waals surface area contributed by atoms with Gasteiger partial charge in [0.1, 0.15) is 12.6 Å². The number of ether oxygens (including phenoxy) is 3. The first-order valence-corrected chi connectivity index (χ1v) is 13.9. The van der Waals surface area contributed by atoms with E-state index in [-0.39, 0.29) is 36.2 Å². The van der Waals surface area contributed by atoms with E-state index in [1.165, 1.54) is 39.9 Å². The van der Waals surface area contributed by atoms with Gasteiger partial charge in [-0.05, 0) is 44.0 Å². The van der Waals surface area contributed by atoms with Crippen molar-refractivity contribution in [2.45, 2.75) is 37.2 Å². The molecule has 10 nitrogen and oxygen atoms in total. The van der Waals surface area contributed by atoms with Gasteiger partial charge in [0.05, 0.1) is 21.7 Å². The molecule has 0 saturated carbocycles. The number of benzene rings is 2. The number of hydrogen-bond acceptors (Lipinski definition) is 8. The molecule has 1 atom stereocenters. The summed E-state index contributed by atoms with van der Waals surface area (Å²) in [4.78, 5) is 30.3. The quantitative estimate of drug-likeness (QED) is 0.432. The molecule has 1 amide bonds. The highest BCUT2D eigenvalue weighted by Gasteiger charge is 2.39. The summed E-state index contributed by atoms with van der Waals surface area (Å²) >= 11 is 7.09. The van der Waals surface area contributed by atoms with Gasteiger partial charge >= 0.3 is 5.97 Å². The zero-order chi connectivity index (χ0) is 25.4. The molecule has 0 N–H and O–H groups in total. The van der Waals surface area contributed by atoms with Gasteiger partial charge < -0.3 is 18.8 Å². The predicted molar refractivity (Wildman–Crippen MR) is 132 cm³/mol. The van der Waals surface area contributed by atoms with E-state index in [0.29, 0.717) is 34.9 Å². The number of rotatable bonds is 6. The Morgan fingerprint density at radius 1 is 1.19 bits per heavy atom. The third-order valence-electron chi connectivity index (χ3n) is 5.88. The SMILES string of the molecule is CCOC(=O)Cn1c(=NC(=O)C2CCCN2S(=O)(=O)c2ccc(Cl)cc2)sc2cc3c(cc21)OCO3. The van der Waals surface area contributed by atoms with Gasteiger partial charge in [-0.2, -0.15) is 9.30 Å². The van der Waals surface area contributed by atoms with Crippen LogP contribution in [0.2, 0.25) is 5.02 Å². The summed E-state index contributed by atoms with van der Waals surface area (Å²) in [6.45, 7) is 2.04. The molecule has 3 heterocycles. The molecule has 2 aliphatic heterocycles. The standard InChI is InChI=1S/C23H22ClN3O7S2/c1-2-32-21(28)12-26-17-10-18-19(34-13-33-18)11-20(17)35-23(26)25-22(29)16-4-3-9-27(16)36(30,31)15-7-5-14(24)6-8-15/h5-8,10-11,16H,2-4,9,12-13H2,1H3. The third-order valence-corrected chi connectivity index (χ3v) is 9.10. The molecule has 0 bridgehead atoms. The lowest BCUT2D eigenvalue weighted by Gasteiger charge is -2.21. The van der Waals surface area contributed by atoms with Crippen molar-refractivity contribution in [3.63, 3.8) is 0 Å². The van der Waals surface area contributed by atoms with Gasteiger partial charge in [-0.1, -0.05) is 22.9 Å². The lowest BCUT2D eigenvalue weighted by Crippen LogP contribution is -2.40. The van der Waals surface area contributed by atoms with Gasteiger partial charge in [0, 0.05) is 23.7 Å². The van der Waals surface area contributed by atoms with Crippen LogP contribution in [0.5, 0.6) is 11.5 Å². The lowest BCUT2D eigenvalue weighted by molar-refractivity contribution is -0.143. The number of esters is 1. The Kier molecular flexibility index (Phi) is 6.77. The number of nitrogens with zero attached hydrogens (tertiary/aromatic N) is 3. The molecule has 0 spiro atoms. The normalized spacial score (nSPS) is 18.2. The Balaban J connectivity index is 1.53. The summed E-state index contributed by atoms with van der Waals surface area (Å²) < 4.78 is 46.0. The van der Waals surface area contributed by atoms with Crippen LogP contribution in [0.1, 0.15) is 19.8 Å². The molecule has 2 aliphatic rings. The Morgan fingerprint density at radius 2 is 1.92 bits per heavy atom. The Bertz CT molecular complexity index is 1510. The Hall–Kier alpha value is -2.93. The maximum atomic E-state index is 13.3. The van der Waals surface area contributed by atoms with Crippen molar-refractivity contribution in [3.05, 3.63) is 46.2 Å².